The fourth-order valence-electron chi connectivity index (χ4n) is 4.69. The molecule has 2 aromatic rings. The standard InChI is InChI=1S/C24H23F3N4O4/c25-24(26,27)35-18-6-4-17(5-7-18)31-21(33)23(9-10-23)30(22(31)34)15-16-8-11-28-19(14-16)20(32)29-12-2-1-3-13-29/h4-8,11,14H,1-3,9-10,12-13,15H2. The minimum Gasteiger partial charge on any atom is -0.406 e. The van der Waals surface area contributed by atoms with Crippen LogP contribution >= 0.6 is 0 Å². The van der Waals surface area contributed by atoms with E-state index in [-0.39, 0.29) is 18.1 Å². The molecule has 3 heterocycles. The molecule has 5 rings (SSSR count). The number of anilines is 1. The van der Waals surface area contributed by atoms with E-state index in [1.165, 1.54) is 23.2 Å². The lowest BCUT2D eigenvalue weighted by atomic mass is 10.1. The number of likely N-dealkylation sites (tertiary alicyclic amines) is 1. The molecule has 1 saturated carbocycles. The first-order chi connectivity index (χ1) is 16.7. The Labute approximate surface area is 199 Å². The van der Waals surface area contributed by atoms with Crippen molar-refractivity contribution in [1.82, 2.24) is 14.8 Å². The molecule has 184 valence electrons. The van der Waals surface area contributed by atoms with E-state index in [1.807, 2.05) is 0 Å². The third-order valence-electron chi connectivity index (χ3n) is 6.62. The molecule has 0 atom stereocenters. The molecule has 0 radical (unpaired) electrons. The highest BCUT2D eigenvalue weighted by Gasteiger charge is 2.65. The maximum Gasteiger partial charge on any atom is 0.573 e. The summed E-state index contributed by atoms with van der Waals surface area (Å²) in [4.78, 5) is 47.7. The molecule has 11 heteroatoms. The second kappa shape index (κ2) is 8.54. The van der Waals surface area contributed by atoms with Crippen LogP contribution in [0.3, 0.4) is 0 Å². The highest BCUT2D eigenvalue weighted by atomic mass is 19.4. The zero-order chi connectivity index (χ0) is 24.8. The summed E-state index contributed by atoms with van der Waals surface area (Å²) in [6.07, 6.45) is 0.677. The van der Waals surface area contributed by atoms with Gasteiger partial charge in [0.1, 0.15) is 17.0 Å². The molecule has 2 saturated heterocycles. The number of benzene rings is 1. The normalized spacial score (nSPS) is 19.5. The van der Waals surface area contributed by atoms with E-state index in [0.717, 1.165) is 36.3 Å². The maximum absolute atomic E-state index is 13.3. The molecule has 4 amide bonds. The minimum absolute atomic E-state index is 0.110. The second-order valence-corrected chi connectivity index (χ2v) is 8.98. The van der Waals surface area contributed by atoms with E-state index >= 15 is 0 Å². The first kappa shape index (κ1) is 23.1. The van der Waals surface area contributed by atoms with Gasteiger partial charge in [-0.3, -0.25) is 14.6 Å². The molecule has 35 heavy (non-hydrogen) atoms. The third-order valence-corrected chi connectivity index (χ3v) is 6.62. The predicted molar refractivity (Wildman–Crippen MR) is 118 cm³/mol. The Bertz CT molecular complexity index is 1160. The van der Waals surface area contributed by atoms with Crippen molar-refractivity contribution < 1.29 is 32.3 Å². The maximum atomic E-state index is 13.3. The summed E-state index contributed by atoms with van der Waals surface area (Å²) < 4.78 is 41.2. The molecule has 1 spiro atoms. The Balaban J connectivity index is 1.35. The summed E-state index contributed by atoms with van der Waals surface area (Å²) in [6, 6.07) is 7.41. The predicted octanol–water partition coefficient (Wildman–Crippen LogP) is 4.11. The Kier molecular flexibility index (Phi) is 5.65. The van der Waals surface area contributed by atoms with Crippen molar-refractivity contribution in [2.75, 3.05) is 18.0 Å². The molecule has 1 aromatic heterocycles. The van der Waals surface area contributed by atoms with Gasteiger partial charge >= 0.3 is 12.4 Å². The van der Waals surface area contributed by atoms with Gasteiger partial charge in [0.2, 0.25) is 0 Å². The summed E-state index contributed by atoms with van der Waals surface area (Å²) in [5.74, 6) is -1.01. The van der Waals surface area contributed by atoms with E-state index in [4.69, 9.17) is 0 Å². The average molecular weight is 488 g/mol. The fourth-order valence-corrected chi connectivity index (χ4v) is 4.69. The van der Waals surface area contributed by atoms with Crippen LogP contribution in [0, 0.1) is 0 Å². The summed E-state index contributed by atoms with van der Waals surface area (Å²) in [6.45, 7) is 1.49. The van der Waals surface area contributed by atoms with Crippen LogP contribution in [0.1, 0.15) is 48.2 Å². The van der Waals surface area contributed by atoms with Gasteiger partial charge in [-0.1, -0.05) is 0 Å². The van der Waals surface area contributed by atoms with Gasteiger partial charge in [-0.15, -0.1) is 13.2 Å². The van der Waals surface area contributed by atoms with Crippen LogP contribution in [0.4, 0.5) is 23.7 Å². The van der Waals surface area contributed by atoms with Gasteiger partial charge in [-0.2, -0.15) is 0 Å². The van der Waals surface area contributed by atoms with Crippen LogP contribution in [-0.2, 0) is 11.3 Å². The lowest BCUT2D eigenvalue weighted by Crippen LogP contribution is -2.37. The number of nitrogens with zero attached hydrogens (tertiary/aromatic N) is 4. The monoisotopic (exact) mass is 488 g/mol. The largest absolute Gasteiger partial charge is 0.573 e. The molecule has 3 aliphatic rings. The number of hydrogen-bond acceptors (Lipinski definition) is 5. The third kappa shape index (κ3) is 4.42. The topological polar surface area (TPSA) is 83.1 Å². The van der Waals surface area contributed by atoms with Gasteiger partial charge in [0, 0.05) is 25.8 Å². The fraction of sp³-hybridized carbons (Fsp3) is 0.417. The number of aromatic nitrogens is 1. The number of piperidine rings is 1. The van der Waals surface area contributed by atoms with Crippen LogP contribution in [0.5, 0.6) is 5.75 Å². The second-order valence-electron chi connectivity index (χ2n) is 8.98. The van der Waals surface area contributed by atoms with Gasteiger partial charge in [0.25, 0.3) is 11.8 Å². The molecule has 0 N–H and O–H groups in total. The molecule has 1 aromatic carbocycles. The number of alkyl halides is 3. The minimum atomic E-state index is -4.84. The SMILES string of the molecule is O=C(c1cc(CN2C(=O)N(c3ccc(OC(F)(F)F)cc3)C(=O)C23CC3)ccn1)N1CCCCC1. The van der Waals surface area contributed by atoms with Crippen molar-refractivity contribution in [3.05, 3.63) is 53.9 Å². The van der Waals surface area contributed by atoms with E-state index in [9.17, 15) is 27.6 Å². The van der Waals surface area contributed by atoms with Crippen molar-refractivity contribution in [3.63, 3.8) is 0 Å². The van der Waals surface area contributed by atoms with Crippen molar-refractivity contribution in [2.24, 2.45) is 0 Å². The number of amides is 4. The van der Waals surface area contributed by atoms with Crippen LogP contribution in [0.15, 0.2) is 42.6 Å². The molecular formula is C24H23F3N4O4. The Morgan fingerprint density at radius 3 is 2.34 bits per heavy atom. The Morgan fingerprint density at radius 2 is 1.71 bits per heavy atom. The van der Waals surface area contributed by atoms with E-state index in [1.54, 1.807) is 17.0 Å². The Morgan fingerprint density at radius 1 is 1.03 bits per heavy atom. The number of ether oxygens (including phenoxy) is 1. The molecule has 8 nitrogen and oxygen atoms in total. The first-order valence-corrected chi connectivity index (χ1v) is 11.4. The van der Waals surface area contributed by atoms with Gasteiger partial charge in [-0.05, 0) is 74.1 Å². The zero-order valence-corrected chi connectivity index (χ0v) is 18.8. The first-order valence-electron chi connectivity index (χ1n) is 11.4. The van der Waals surface area contributed by atoms with E-state index in [0.29, 0.717) is 37.2 Å². The summed E-state index contributed by atoms with van der Waals surface area (Å²) in [7, 11) is 0. The molecule has 0 unspecified atom stereocenters. The Hall–Kier alpha value is -3.63. The van der Waals surface area contributed by atoms with E-state index in [2.05, 4.69) is 9.72 Å². The van der Waals surface area contributed by atoms with Crippen molar-refractivity contribution in [3.8, 4) is 5.75 Å². The molecule has 0 bridgehead atoms. The molecule has 1 aliphatic carbocycles. The lowest BCUT2D eigenvalue weighted by Gasteiger charge is -2.26. The molecule has 3 fully saturated rings. The highest BCUT2D eigenvalue weighted by molar-refractivity contribution is 6.24. The van der Waals surface area contributed by atoms with Gasteiger partial charge in [0.15, 0.2) is 0 Å². The number of carbonyl (C=O) groups is 3. The van der Waals surface area contributed by atoms with Crippen LogP contribution in [-0.4, -0.2) is 57.6 Å². The summed E-state index contributed by atoms with van der Waals surface area (Å²) in [5, 5.41) is 0. The number of carbonyl (C=O) groups excluding carboxylic acids is 3. The van der Waals surface area contributed by atoms with Crippen molar-refractivity contribution >= 4 is 23.5 Å². The van der Waals surface area contributed by atoms with Crippen LogP contribution in [0.25, 0.3) is 0 Å². The number of pyridine rings is 1. The number of hydrogen-bond donors (Lipinski definition) is 0. The van der Waals surface area contributed by atoms with Gasteiger partial charge in [0.05, 0.1) is 5.69 Å². The average Bonchev–Trinajstić information content (AvgIpc) is 3.61. The zero-order valence-electron chi connectivity index (χ0n) is 18.8. The van der Waals surface area contributed by atoms with Gasteiger partial charge in [-0.25, -0.2) is 9.69 Å². The van der Waals surface area contributed by atoms with Gasteiger partial charge < -0.3 is 14.5 Å². The smallest absolute Gasteiger partial charge is 0.406 e. The summed E-state index contributed by atoms with van der Waals surface area (Å²) >= 11 is 0. The van der Waals surface area contributed by atoms with Crippen molar-refractivity contribution in [1.29, 1.82) is 0 Å². The lowest BCUT2D eigenvalue weighted by molar-refractivity contribution is -0.274. The number of rotatable bonds is 5. The van der Waals surface area contributed by atoms with Crippen LogP contribution < -0.4 is 9.64 Å². The number of urea groups is 1. The number of imide groups is 1. The quantitative estimate of drug-likeness (QED) is 0.592. The summed E-state index contributed by atoms with van der Waals surface area (Å²) in [5.41, 5.74) is 0.158. The van der Waals surface area contributed by atoms with Crippen molar-refractivity contribution in [2.45, 2.75) is 50.6 Å². The molecular weight excluding hydrogens is 465 g/mol. The van der Waals surface area contributed by atoms with E-state index < -0.39 is 29.6 Å². The number of halogens is 3. The highest BCUT2D eigenvalue weighted by Crippen LogP contribution is 2.49. The molecule has 2 aliphatic heterocycles. The van der Waals surface area contributed by atoms with Crippen LogP contribution in [0.2, 0.25) is 0 Å².